The van der Waals surface area contributed by atoms with Crippen molar-refractivity contribution in [2.24, 2.45) is 7.05 Å². The fraction of sp³-hybridized carbons (Fsp3) is 0.647. The maximum atomic E-state index is 12.5. The normalized spacial score (nSPS) is 24.9. The van der Waals surface area contributed by atoms with Gasteiger partial charge in [0.05, 0.1) is 11.7 Å². The molecular formula is C17H25N3O2. The molecule has 22 heavy (non-hydrogen) atoms. The Balaban J connectivity index is 1.86. The lowest BCUT2D eigenvalue weighted by Gasteiger charge is -2.45. The van der Waals surface area contributed by atoms with Crippen molar-refractivity contribution in [1.82, 2.24) is 14.7 Å². The summed E-state index contributed by atoms with van der Waals surface area (Å²) < 4.78 is 7.51. The molecule has 2 bridgehead atoms. The molecule has 0 radical (unpaired) electrons. The first-order valence-corrected chi connectivity index (χ1v) is 8.05. The van der Waals surface area contributed by atoms with Crippen LogP contribution in [0.15, 0.2) is 18.3 Å². The second-order valence-electron chi connectivity index (χ2n) is 7.28. The van der Waals surface area contributed by atoms with Crippen LogP contribution < -0.4 is 0 Å². The maximum absolute atomic E-state index is 12.5. The predicted octanol–water partition coefficient (Wildman–Crippen LogP) is 3.37. The molecule has 2 aliphatic heterocycles. The van der Waals surface area contributed by atoms with Crippen LogP contribution >= 0.6 is 0 Å². The lowest BCUT2D eigenvalue weighted by Crippen LogP contribution is -2.53. The van der Waals surface area contributed by atoms with Crippen LogP contribution in [0.4, 0.5) is 4.79 Å². The standard InChI is InChI=1S/C17H25N3O2/c1-17(2,3)22-16(21)20-13-6-5-7-14(20)11-12(10-13)15-8-9-18-19(15)4/h8-10,13-14H,5-7,11H2,1-4H3. The molecule has 1 aromatic rings. The molecule has 5 nitrogen and oxygen atoms in total. The molecule has 0 saturated carbocycles. The summed E-state index contributed by atoms with van der Waals surface area (Å²) in [5, 5.41) is 4.26. The zero-order valence-electron chi connectivity index (χ0n) is 13.9. The van der Waals surface area contributed by atoms with E-state index in [0.717, 1.165) is 25.0 Å². The molecule has 2 atom stereocenters. The molecule has 0 N–H and O–H groups in total. The molecule has 3 rings (SSSR count). The summed E-state index contributed by atoms with van der Waals surface area (Å²) in [5.74, 6) is 0. The van der Waals surface area contributed by atoms with Gasteiger partial charge in [-0.05, 0) is 58.1 Å². The van der Waals surface area contributed by atoms with Crippen LogP contribution in [-0.2, 0) is 11.8 Å². The largest absolute Gasteiger partial charge is 0.444 e. The minimum atomic E-state index is -0.447. The van der Waals surface area contributed by atoms with Crippen LogP contribution in [0.5, 0.6) is 0 Å². The maximum Gasteiger partial charge on any atom is 0.411 e. The van der Waals surface area contributed by atoms with E-state index in [2.05, 4.69) is 11.2 Å². The molecule has 120 valence electrons. The Kier molecular flexibility index (Phi) is 3.75. The van der Waals surface area contributed by atoms with Crippen molar-refractivity contribution in [3.63, 3.8) is 0 Å². The number of rotatable bonds is 1. The predicted molar refractivity (Wildman–Crippen MR) is 85.3 cm³/mol. The third kappa shape index (κ3) is 2.89. The number of carbonyl (C=O) groups is 1. The molecule has 0 aromatic carbocycles. The van der Waals surface area contributed by atoms with Gasteiger partial charge in [-0.1, -0.05) is 6.08 Å². The molecule has 2 unspecified atom stereocenters. The van der Waals surface area contributed by atoms with E-state index < -0.39 is 5.60 Å². The van der Waals surface area contributed by atoms with Gasteiger partial charge >= 0.3 is 6.09 Å². The van der Waals surface area contributed by atoms with Gasteiger partial charge in [-0.2, -0.15) is 5.10 Å². The number of carbonyl (C=O) groups excluding carboxylic acids is 1. The fourth-order valence-corrected chi connectivity index (χ4v) is 3.51. The van der Waals surface area contributed by atoms with Gasteiger partial charge in [0.1, 0.15) is 5.60 Å². The Bertz CT molecular complexity index is 597. The zero-order valence-corrected chi connectivity index (χ0v) is 13.9. The third-order valence-corrected chi connectivity index (χ3v) is 4.39. The molecule has 5 heteroatoms. The average molecular weight is 303 g/mol. The fourth-order valence-electron chi connectivity index (χ4n) is 3.51. The molecule has 0 aliphatic carbocycles. The zero-order chi connectivity index (χ0) is 15.9. The first-order valence-electron chi connectivity index (χ1n) is 8.05. The van der Waals surface area contributed by atoms with Crippen LogP contribution in [0.1, 0.15) is 52.1 Å². The molecule has 0 spiro atoms. The van der Waals surface area contributed by atoms with Crippen molar-refractivity contribution in [3.05, 3.63) is 24.0 Å². The van der Waals surface area contributed by atoms with Gasteiger partial charge in [-0.15, -0.1) is 0 Å². The second kappa shape index (κ2) is 5.45. The van der Waals surface area contributed by atoms with E-state index in [1.54, 1.807) is 0 Å². The number of aryl methyl sites for hydroxylation is 1. The van der Waals surface area contributed by atoms with Crippen molar-refractivity contribution in [2.45, 2.75) is 64.1 Å². The number of ether oxygens (including phenoxy) is 1. The van der Waals surface area contributed by atoms with E-state index in [1.165, 1.54) is 12.0 Å². The quantitative estimate of drug-likeness (QED) is 0.799. The summed E-state index contributed by atoms with van der Waals surface area (Å²) in [5.41, 5.74) is 2.01. The molecule has 2 aliphatic rings. The molecule has 3 heterocycles. The van der Waals surface area contributed by atoms with E-state index in [0.29, 0.717) is 0 Å². The van der Waals surface area contributed by atoms with Gasteiger partial charge in [-0.25, -0.2) is 4.79 Å². The smallest absolute Gasteiger partial charge is 0.411 e. The van der Waals surface area contributed by atoms with E-state index in [9.17, 15) is 4.79 Å². The van der Waals surface area contributed by atoms with Gasteiger partial charge in [0.25, 0.3) is 0 Å². The number of nitrogens with zero attached hydrogens (tertiary/aromatic N) is 3. The number of hydrogen-bond donors (Lipinski definition) is 0. The minimum Gasteiger partial charge on any atom is -0.444 e. The summed E-state index contributed by atoms with van der Waals surface area (Å²) in [6, 6.07) is 2.43. The van der Waals surface area contributed by atoms with E-state index in [1.807, 2.05) is 49.7 Å². The van der Waals surface area contributed by atoms with E-state index >= 15 is 0 Å². The lowest BCUT2D eigenvalue weighted by atomic mass is 9.84. The highest BCUT2D eigenvalue weighted by atomic mass is 16.6. The van der Waals surface area contributed by atoms with Crippen molar-refractivity contribution < 1.29 is 9.53 Å². The van der Waals surface area contributed by atoms with Crippen LogP contribution in [-0.4, -0.2) is 38.5 Å². The van der Waals surface area contributed by atoms with Crippen molar-refractivity contribution >= 4 is 11.7 Å². The monoisotopic (exact) mass is 303 g/mol. The topological polar surface area (TPSA) is 47.4 Å². The highest BCUT2D eigenvalue weighted by Crippen LogP contribution is 2.37. The van der Waals surface area contributed by atoms with Crippen LogP contribution in [0.2, 0.25) is 0 Å². The molecule has 1 aromatic heterocycles. The van der Waals surface area contributed by atoms with Gasteiger partial charge in [0, 0.05) is 19.3 Å². The SMILES string of the molecule is Cn1nccc1C1=CC2CCCC(C1)N2C(=O)OC(C)(C)C. The van der Waals surface area contributed by atoms with Crippen molar-refractivity contribution in [3.8, 4) is 0 Å². The van der Waals surface area contributed by atoms with Gasteiger partial charge in [0.15, 0.2) is 0 Å². The Morgan fingerprint density at radius 2 is 2.14 bits per heavy atom. The van der Waals surface area contributed by atoms with Crippen LogP contribution in [0.25, 0.3) is 5.57 Å². The van der Waals surface area contributed by atoms with Crippen molar-refractivity contribution in [2.75, 3.05) is 0 Å². The molecule has 1 amide bonds. The first kappa shape index (κ1) is 15.1. The highest BCUT2D eigenvalue weighted by Gasteiger charge is 2.39. The Hall–Kier alpha value is -1.78. The van der Waals surface area contributed by atoms with Gasteiger partial charge in [0.2, 0.25) is 0 Å². The number of aromatic nitrogens is 2. The third-order valence-electron chi connectivity index (χ3n) is 4.39. The minimum absolute atomic E-state index is 0.146. The lowest BCUT2D eigenvalue weighted by molar-refractivity contribution is 0.0000579. The van der Waals surface area contributed by atoms with Crippen LogP contribution in [0, 0.1) is 0 Å². The number of piperidine rings is 1. The Morgan fingerprint density at radius 1 is 1.36 bits per heavy atom. The van der Waals surface area contributed by atoms with Crippen molar-refractivity contribution in [1.29, 1.82) is 0 Å². The Morgan fingerprint density at radius 3 is 2.73 bits per heavy atom. The number of amides is 1. The number of fused-ring (bicyclic) bond motifs is 2. The average Bonchev–Trinajstić information content (AvgIpc) is 2.81. The van der Waals surface area contributed by atoms with Crippen LogP contribution in [0.3, 0.4) is 0 Å². The van der Waals surface area contributed by atoms with E-state index in [-0.39, 0.29) is 18.2 Å². The second-order valence-corrected chi connectivity index (χ2v) is 7.28. The Labute approximate surface area is 131 Å². The summed E-state index contributed by atoms with van der Waals surface area (Å²) in [6.45, 7) is 5.75. The molecular weight excluding hydrogens is 278 g/mol. The summed E-state index contributed by atoms with van der Waals surface area (Å²) >= 11 is 0. The summed E-state index contributed by atoms with van der Waals surface area (Å²) in [7, 11) is 1.96. The molecule has 1 fully saturated rings. The van der Waals surface area contributed by atoms with E-state index in [4.69, 9.17) is 4.74 Å². The summed E-state index contributed by atoms with van der Waals surface area (Å²) in [6.07, 6.45) is 7.99. The summed E-state index contributed by atoms with van der Waals surface area (Å²) in [4.78, 5) is 14.5. The van der Waals surface area contributed by atoms with Gasteiger partial charge < -0.3 is 4.74 Å². The van der Waals surface area contributed by atoms with Gasteiger partial charge in [-0.3, -0.25) is 9.58 Å². The highest BCUT2D eigenvalue weighted by molar-refractivity contribution is 5.74. The number of hydrogen-bond acceptors (Lipinski definition) is 3. The molecule has 1 saturated heterocycles. The first-order chi connectivity index (χ1) is 10.3.